The highest BCUT2D eigenvalue weighted by Gasteiger charge is 2.28. The monoisotopic (exact) mass is 419 g/mol. The molecule has 0 bridgehead atoms. The lowest BCUT2D eigenvalue weighted by atomic mass is 10.0. The Hall–Kier alpha value is -2.34. The summed E-state index contributed by atoms with van der Waals surface area (Å²) >= 11 is 3.83. The Labute approximate surface area is 168 Å². The van der Waals surface area contributed by atoms with Gasteiger partial charge in [-0.3, -0.25) is 19.2 Å². The molecule has 0 saturated carbocycles. The zero-order chi connectivity index (χ0) is 22.0. The lowest BCUT2D eigenvalue weighted by Crippen LogP contribution is -2.57. The molecular weight excluding hydrogens is 390 g/mol. The van der Waals surface area contributed by atoms with E-state index in [-0.39, 0.29) is 24.5 Å². The summed E-state index contributed by atoms with van der Waals surface area (Å²) in [6, 6.07) is -4.32. The van der Waals surface area contributed by atoms with Crippen LogP contribution in [0.5, 0.6) is 0 Å². The number of hydrogen-bond donors (Lipinski definition) is 7. The van der Waals surface area contributed by atoms with Crippen LogP contribution in [-0.4, -0.2) is 64.6 Å². The summed E-state index contributed by atoms with van der Waals surface area (Å²) in [5.41, 5.74) is 10.8. The summed E-state index contributed by atoms with van der Waals surface area (Å²) in [4.78, 5) is 58.6. The van der Waals surface area contributed by atoms with Crippen LogP contribution in [0.2, 0.25) is 0 Å². The molecular formula is C16H29N5O6S. The molecule has 8 N–H and O–H groups in total. The van der Waals surface area contributed by atoms with Crippen LogP contribution in [0.25, 0.3) is 0 Å². The fourth-order valence-corrected chi connectivity index (χ4v) is 2.24. The predicted octanol–water partition coefficient (Wildman–Crippen LogP) is -2.28. The lowest BCUT2D eigenvalue weighted by molar-refractivity contribution is -0.141. The Morgan fingerprint density at radius 1 is 0.929 bits per heavy atom. The Kier molecular flexibility index (Phi) is 11.2. The summed E-state index contributed by atoms with van der Waals surface area (Å²) in [5, 5.41) is 16.0. The van der Waals surface area contributed by atoms with Gasteiger partial charge in [0.15, 0.2) is 0 Å². The van der Waals surface area contributed by atoms with Crippen LogP contribution in [-0.2, 0) is 24.0 Å². The van der Waals surface area contributed by atoms with Crippen molar-refractivity contribution in [3.8, 4) is 0 Å². The Morgan fingerprint density at radius 3 is 1.89 bits per heavy atom. The predicted molar refractivity (Wildman–Crippen MR) is 104 cm³/mol. The molecule has 0 radical (unpaired) electrons. The van der Waals surface area contributed by atoms with Gasteiger partial charge in [0.05, 0.1) is 6.04 Å². The molecule has 0 aliphatic carbocycles. The van der Waals surface area contributed by atoms with Crippen molar-refractivity contribution in [2.75, 3.05) is 5.75 Å². The van der Waals surface area contributed by atoms with Gasteiger partial charge in [0.2, 0.25) is 23.6 Å². The van der Waals surface area contributed by atoms with E-state index in [0.29, 0.717) is 0 Å². The second-order valence-corrected chi connectivity index (χ2v) is 7.01. The number of carbonyl (C=O) groups excluding carboxylic acids is 4. The number of nitrogens with one attached hydrogen (secondary N) is 3. The van der Waals surface area contributed by atoms with Crippen LogP contribution in [0.1, 0.15) is 33.6 Å². The summed E-state index contributed by atoms with van der Waals surface area (Å²) < 4.78 is 0. The van der Waals surface area contributed by atoms with Gasteiger partial charge in [0.1, 0.15) is 18.1 Å². The molecule has 11 nitrogen and oxygen atoms in total. The van der Waals surface area contributed by atoms with Crippen molar-refractivity contribution >= 4 is 42.2 Å². The maximum Gasteiger partial charge on any atom is 0.327 e. The van der Waals surface area contributed by atoms with E-state index in [0.717, 1.165) is 0 Å². The average molecular weight is 420 g/mol. The van der Waals surface area contributed by atoms with Crippen LogP contribution in [0.4, 0.5) is 0 Å². The summed E-state index contributed by atoms with van der Waals surface area (Å²) in [6.07, 6.45) is -0.253. The highest BCUT2D eigenvalue weighted by atomic mass is 32.1. The number of amides is 4. The third kappa shape index (κ3) is 9.04. The SMILES string of the molecule is CC(NC(=O)C(CCC(N)=O)NC(=O)C(N)C(C)C)C(=O)NC(CS)C(=O)O. The van der Waals surface area contributed by atoms with E-state index >= 15 is 0 Å². The molecule has 4 amide bonds. The highest BCUT2D eigenvalue weighted by molar-refractivity contribution is 7.80. The molecule has 0 aromatic carbocycles. The van der Waals surface area contributed by atoms with E-state index in [2.05, 4.69) is 28.6 Å². The minimum Gasteiger partial charge on any atom is -0.480 e. The number of primary amides is 1. The first-order valence-corrected chi connectivity index (χ1v) is 9.32. The van der Waals surface area contributed by atoms with Gasteiger partial charge < -0.3 is 32.5 Å². The molecule has 0 fully saturated rings. The molecule has 0 rings (SSSR count). The van der Waals surface area contributed by atoms with E-state index in [9.17, 15) is 24.0 Å². The van der Waals surface area contributed by atoms with Crippen molar-refractivity contribution in [2.24, 2.45) is 17.4 Å². The molecule has 0 saturated heterocycles. The van der Waals surface area contributed by atoms with Gasteiger partial charge >= 0.3 is 5.97 Å². The third-order valence-corrected chi connectivity index (χ3v) is 4.25. The van der Waals surface area contributed by atoms with Crippen LogP contribution >= 0.6 is 12.6 Å². The van der Waals surface area contributed by atoms with Gasteiger partial charge in [-0.1, -0.05) is 13.8 Å². The topological polar surface area (TPSA) is 194 Å². The average Bonchev–Trinajstić information content (AvgIpc) is 2.60. The first-order chi connectivity index (χ1) is 12.9. The normalized spacial score (nSPS) is 15.1. The van der Waals surface area contributed by atoms with Crippen LogP contribution in [0, 0.1) is 5.92 Å². The van der Waals surface area contributed by atoms with Gasteiger partial charge in [-0.2, -0.15) is 12.6 Å². The molecule has 12 heteroatoms. The number of thiol groups is 1. The van der Waals surface area contributed by atoms with Crippen molar-refractivity contribution < 1.29 is 29.1 Å². The zero-order valence-electron chi connectivity index (χ0n) is 16.1. The number of aliphatic carboxylic acids is 1. The number of rotatable bonds is 12. The number of carboxylic acids is 1. The number of nitrogens with two attached hydrogens (primary N) is 2. The minimum absolute atomic E-state index is 0.0829. The Balaban J connectivity index is 5.06. The Bertz CT molecular complexity index is 600. The first kappa shape index (κ1) is 25.7. The number of carboxylic acid groups (broad SMARTS) is 1. The zero-order valence-corrected chi connectivity index (χ0v) is 17.0. The van der Waals surface area contributed by atoms with E-state index in [1.165, 1.54) is 6.92 Å². The molecule has 0 aliphatic heterocycles. The fourth-order valence-electron chi connectivity index (χ4n) is 1.99. The summed E-state index contributed by atoms with van der Waals surface area (Å²) in [7, 11) is 0. The third-order valence-electron chi connectivity index (χ3n) is 3.88. The smallest absolute Gasteiger partial charge is 0.327 e. The number of carbonyl (C=O) groups is 5. The maximum atomic E-state index is 12.5. The van der Waals surface area contributed by atoms with Crippen LogP contribution < -0.4 is 27.4 Å². The molecule has 28 heavy (non-hydrogen) atoms. The van der Waals surface area contributed by atoms with Crippen molar-refractivity contribution in [3.63, 3.8) is 0 Å². The fraction of sp³-hybridized carbons (Fsp3) is 0.688. The summed E-state index contributed by atoms with van der Waals surface area (Å²) in [5.74, 6) is -4.30. The first-order valence-electron chi connectivity index (χ1n) is 8.69. The largest absolute Gasteiger partial charge is 0.480 e. The van der Waals surface area contributed by atoms with Gasteiger partial charge in [-0.05, 0) is 19.3 Å². The molecule has 160 valence electrons. The van der Waals surface area contributed by atoms with Crippen molar-refractivity contribution in [3.05, 3.63) is 0 Å². The molecule has 0 spiro atoms. The minimum atomic E-state index is -1.27. The quantitative estimate of drug-likeness (QED) is 0.173. The molecule has 0 aromatic rings. The Morgan fingerprint density at radius 2 is 1.46 bits per heavy atom. The molecule has 4 unspecified atom stereocenters. The van der Waals surface area contributed by atoms with Crippen molar-refractivity contribution in [2.45, 2.75) is 57.8 Å². The van der Waals surface area contributed by atoms with Gasteiger partial charge in [0, 0.05) is 12.2 Å². The van der Waals surface area contributed by atoms with E-state index < -0.39 is 53.8 Å². The molecule has 0 aromatic heterocycles. The molecule has 4 atom stereocenters. The van der Waals surface area contributed by atoms with Crippen LogP contribution in [0.15, 0.2) is 0 Å². The van der Waals surface area contributed by atoms with Crippen molar-refractivity contribution in [1.82, 2.24) is 16.0 Å². The second kappa shape index (κ2) is 12.2. The van der Waals surface area contributed by atoms with E-state index in [1.807, 2.05) is 0 Å². The van der Waals surface area contributed by atoms with Gasteiger partial charge in [-0.25, -0.2) is 4.79 Å². The van der Waals surface area contributed by atoms with Crippen LogP contribution in [0.3, 0.4) is 0 Å². The molecule has 0 heterocycles. The maximum absolute atomic E-state index is 12.5. The van der Waals surface area contributed by atoms with E-state index in [1.54, 1.807) is 13.8 Å². The highest BCUT2D eigenvalue weighted by Crippen LogP contribution is 2.03. The summed E-state index contributed by atoms with van der Waals surface area (Å²) in [6.45, 7) is 4.81. The van der Waals surface area contributed by atoms with Gasteiger partial charge in [0.25, 0.3) is 0 Å². The second-order valence-electron chi connectivity index (χ2n) is 6.65. The van der Waals surface area contributed by atoms with E-state index in [4.69, 9.17) is 16.6 Å². The number of hydrogen-bond acceptors (Lipinski definition) is 7. The van der Waals surface area contributed by atoms with Crippen molar-refractivity contribution in [1.29, 1.82) is 0 Å². The lowest BCUT2D eigenvalue weighted by Gasteiger charge is -2.24. The van der Waals surface area contributed by atoms with Gasteiger partial charge in [-0.15, -0.1) is 0 Å². The molecule has 0 aliphatic rings. The standard InChI is InChI=1S/C16H29N5O6S/c1-7(2)12(18)15(25)20-9(4-5-11(17)22)14(24)19-8(3)13(23)21-10(6-28)16(26)27/h7-10,12,28H,4-6,18H2,1-3H3,(H2,17,22)(H,19,24)(H,20,25)(H,21,23)(H,26,27).